The van der Waals surface area contributed by atoms with Gasteiger partial charge in [-0.15, -0.1) is 6.58 Å². The average Bonchev–Trinajstić information content (AvgIpc) is 2.83. The molecule has 10 nitrogen and oxygen atoms in total. The second kappa shape index (κ2) is 10.6. The molecule has 9 atom stereocenters. The monoisotopic (exact) mass is 592 g/mol. The summed E-state index contributed by atoms with van der Waals surface area (Å²) in [5.74, 6) is -1.24. The largest absolute Gasteiger partial charge is 0.455 e. The molecule has 2 aliphatic heterocycles. The lowest BCUT2D eigenvalue weighted by Gasteiger charge is -2.74. The number of ether oxygens (including phenoxy) is 5. The number of hydrogen-bond acceptors (Lipinski definition) is 9. The molecular weight excluding hydrogens is 540 g/mol. The summed E-state index contributed by atoms with van der Waals surface area (Å²) in [5, 5.41) is 2.89. The Morgan fingerprint density at radius 3 is 2.33 bits per heavy atom. The average molecular weight is 593 g/mol. The highest BCUT2D eigenvalue weighted by atomic mass is 16.7. The molecule has 0 aromatic rings. The van der Waals surface area contributed by atoms with Crippen LogP contribution in [0, 0.1) is 22.2 Å². The molecular formula is C32H52N2O8. The number of rotatable bonds is 6. The van der Waals surface area contributed by atoms with Crippen LogP contribution in [-0.4, -0.2) is 84.9 Å². The van der Waals surface area contributed by atoms with E-state index in [0.29, 0.717) is 13.0 Å². The van der Waals surface area contributed by atoms with Crippen LogP contribution in [0.5, 0.6) is 0 Å². The van der Waals surface area contributed by atoms with Gasteiger partial charge in [-0.3, -0.25) is 14.5 Å². The number of hydrogen-bond donors (Lipinski definition) is 1. The summed E-state index contributed by atoms with van der Waals surface area (Å²) in [4.78, 5) is 42.8. The maximum absolute atomic E-state index is 14.8. The molecule has 2 heterocycles. The number of esters is 1. The lowest BCUT2D eigenvalue weighted by Crippen LogP contribution is -2.90. The standard InChI is InChI=1S/C32H52N2O8/c1-13-29(8)18-20(36)32-30(9)21(39-26(41-32)34(11)12)14-15-28(6,7)23(30)22(24(38-19(2)35)31(32,10)42-29)40-25(37)33-17-16-27(3,4)5/h13,21-24,26H,1,14-18H2,2-12H3,(H,33,37)/t21-,22-,23-,24-,26?,29-,30-,31+,32-/m0/s1. The number of nitrogens with zero attached hydrogens (tertiary/aromatic N) is 1. The van der Waals surface area contributed by atoms with E-state index in [2.05, 4.69) is 46.5 Å². The second-order valence-electron chi connectivity index (χ2n) is 15.4. The summed E-state index contributed by atoms with van der Waals surface area (Å²) in [6.07, 6.45) is -0.240. The van der Waals surface area contributed by atoms with Crippen molar-refractivity contribution < 1.29 is 38.1 Å². The van der Waals surface area contributed by atoms with Crippen LogP contribution in [0.3, 0.4) is 0 Å². The summed E-state index contributed by atoms with van der Waals surface area (Å²) < 4.78 is 32.7. The molecule has 4 aliphatic rings. The molecule has 42 heavy (non-hydrogen) atoms. The summed E-state index contributed by atoms with van der Waals surface area (Å²) in [5.41, 5.74) is -5.68. The van der Waals surface area contributed by atoms with Crippen LogP contribution in [0.4, 0.5) is 4.79 Å². The van der Waals surface area contributed by atoms with Crippen molar-refractivity contribution in [2.45, 2.75) is 130 Å². The van der Waals surface area contributed by atoms with Gasteiger partial charge in [0, 0.05) is 31.2 Å². The minimum atomic E-state index is -1.59. The fourth-order valence-electron chi connectivity index (χ4n) is 8.47. The first-order valence-electron chi connectivity index (χ1n) is 15.2. The van der Waals surface area contributed by atoms with Crippen molar-refractivity contribution in [2.24, 2.45) is 22.2 Å². The Kier molecular flexibility index (Phi) is 8.27. The smallest absolute Gasteiger partial charge is 0.407 e. The van der Waals surface area contributed by atoms with Crippen LogP contribution in [0.1, 0.15) is 88.0 Å². The number of amides is 1. The number of carbonyl (C=O) groups is 3. The Morgan fingerprint density at radius 1 is 1.14 bits per heavy atom. The topological polar surface area (TPSA) is 113 Å². The number of alkyl carbamates (subject to hydrolysis) is 1. The molecule has 238 valence electrons. The van der Waals surface area contributed by atoms with Crippen molar-refractivity contribution >= 4 is 17.8 Å². The van der Waals surface area contributed by atoms with Gasteiger partial charge in [-0.05, 0) is 58.0 Å². The number of nitrogens with one attached hydrogen (secondary N) is 1. The van der Waals surface area contributed by atoms with Crippen molar-refractivity contribution in [2.75, 3.05) is 20.6 Å². The van der Waals surface area contributed by atoms with E-state index < -0.39 is 70.3 Å². The van der Waals surface area contributed by atoms with E-state index in [1.165, 1.54) is 6.92 Å². The molecule has 2 saturated heterocycles. The highest BCUT2D eigenvalue weighted by Gasteiger charge is 2.85. The van der Waals surface area contributed by atoms with Crippen LogP contribution >= 0.6 is 0 Å². The number of carbonyl (C=O) groups excluding carboxylic acids is 3. The maximum Gasteiger partial charge on any atom is 0.407 e. The van der Waals surface area contributed by atoms with Crippen LogP contribution in [-0.2, 0) is 33.3 Å². The van der Waals surface area contributed by atoms with E-state index in [4.69, 9.17) is 23.7 Å². The minimum absolute atomic E-state index is 0.0166. The Hall–Kier alpha value is -2.01. The van der Waals surface area contributed by atoms with Gasteiger partial charge in [-0.1, -0.05) is 47.6 Å². The molecule has 0 radical (unpaired) electrons. The van der Waals surface area contributed by atoms with Gasteiger partial charge in [0.2, 0.25) is 6.41 Å². The Labute approximate surface area is 251 Å². The molecule has 0 bridgehead atoms. The molecule has 0 aromatic heterocycles. The van der Waals surface area contributed by atoms with Gasteiger partial charge in [-0.2, -0.15) is 0 Å². The van der Waals surface area contributed by atoms with Gasteiger partial charge in [0.25, 0.3) is 0 Å². The fraction of sp³-hybridized carbons (Fsp3) is 0.844. The third kappa shape index (κ3) is 5.00. The van der Waals surface area contributed by atoms with Crippen molar-refractivity contribution in [3.05, 3.63) is 12.7 Å². The molecule has 2 aliphatic carbocycles. The molecule has 1 spiro atoms. The highest BCUT2D eigenvalue weighted by molar-refractivity contribution is 5.93. The van der Waals surface area contributed by atoms with Gasteiger partial charge in [0.15, 0.2) is 17.5 Å². The summed E-state index contributed by atoms with van der Waals surface area (Å²) in [6.45, 7) is 21.7. The summed E-state index contributed by atoms with van der Waals surface area (Å²) in [6, 6.07) is 0. The Bertz CT molecular complexity index is 1120. The summed E-state index contributed by atoms with van der Waals surface area (Å²) in [7, 11) is 3.65. The van der Waals surface area contributed by atoms with E-state index >= 15 is 0 Å². The van der Waals surface area contributed by atoms with Gasteiger partial charge < -0.3 is 29.0 Å². The molecule has 10 heteroatoms. The lowest BCUT2D eigenvalue weighted by atomic mass is 9.39. The molecule has 4 fully saturated rings. The zero-order valence-electron chi connectivity index (χ0n) is 27.4. The number of ketones is 1. The first-order chi connectivity index (χ1) is 19.2. The fourth-order valence-corrected chi connectivity index (χ4v) is 8.47. The van der Waals surface area contributed by atoms with E-state index in [0.717, 1.165) is 12.8 Å². The van der Waals surface area contributed by atoms with Gasteiger partial charge in [0.1, 0.15) is 11.7 Å². The molecule has 0 aromatic carbocycles. The first-order valence-corrected chi connectivity index (χ1v) is 15.2. The first kappa shape index (κ1) is 32.9. The van der Waals surface area contributed by atoms with Crippen LogP contribution in [0.25, 0.3) is 0 Å². The van der Waals surface area contributed by atoms with E-state index in [1.807, 2.05) is 21.0 Å². The van der Waals surface area contributed by atoms with Crippen LogP contribution in [0.2, 0.25) is 0 Å². The third-order valence-corrected chi connectivity index (χ3v) is 10.3. The van der Waals surface area contributed by atoms with E-state index in [9.17, 15) is 14.4 Å². The van der Waals surface area contributed by atoms with E-state index in [-0.39, 0.29) is 17.6 Å². The zero-order chi connectivity index (χ0) is 31.7. The van der Waals surface area contributed by atoms with Gasteiger partial charge in [-0.25, -0.2) is 4.79 Å². The highest BCUT2D eigenvalue weighted by Crippen LogP contribution is 2.70. The molecule has 4 rings (SSSR count). The van der Waals surface area contributed by atoms with Gasteiger partial charge in [0.05, 0.1) is 11.7 Å². The second-order valence-corrected chi connectivity index (χ2v) is 15.4. The lowest BCUT2D eigenvalue weighted by molar-refractivity contribution is -0.456. The molecule has 2 saturated carbocycles. The zero-order valence-corrected chi connectivity index (χ0v) is 27.4. The molecule has 1 amide bonds. The Morgan fingerprint density at radius 2 is 1.79 bits per heavy atom. The Balaban J connectivity index is 1.95. The predicted molar refractivity (Wildman–Crippen MR) is 156 cm³/mol. The van der Waals surface area contributed by atoms with Crippen LogP contribution in [0.15, 0.2) is 12.7 Å². The van der Waals surface area contributed by atoms with Crippen molar-refractivity contribution in [1.29, 1.82) is 0 Å². The van der Waals surface area contributed by atoms with Crippen LogP contribution < -0.4 is 5.32 Å². The van der Waals surface area contributed by atoms with E-state index in [1.54, 1.807) is 24.8 Å². The quantitative estimate of drug-likeness (QED) is 0.349. The van der Waals surface area contributed by atoms with Gasteiger partial charge >= 0.3 is 12.1 Å². The maximum atomic E-state index is 14.8. The van der Waals surface area contributed by atoms with Crippen molar-refractivity contribution in [1.82, 2.24) is 10.2 Å². The summed E-state index contributed by atoms with van der Waals surface area (Å²) >= 11 is 0. The molecule has 1 N–H and O–H groups in total. The minimum Gasteiger partial charge on any atom is -0.455 e. The normalized spacial score (nSPS) is 42.7. The third-order valence-electron chi connectivity index (χ3n) is 10.3. The van der Waals surface area contributed by atoms with Crippen molar-refractivity contribution in [3.63, 3.8) is 0 Å². The SMILES string of the molecule is C=C[C@@]1(C)CC(=O)[C@@]23OC(N(C)C)O[C@H]4CCC(C)(C)[C@H]([C@H](OC(=O)NCCC(C)(C)C)[C@H](OC(C)=O)[C@@]2(C)O1)[C@]43C. The molecule has 1 unspecified atom stereocenters. The van der Waals surface area contributed by atoms with Crippen molar-refractivity contribution in [3.8, 4) is 0 Å². The predicted octanol–water partition coefficient (Wildman–Crippen LogP) is 4.60. The number of Topliss-reactive ketones (excluding diaryl/α,β-unsaturated/α-hetero) is 1.